The van der Waals surface area contributed by atoms with Crippen molar-refractivity contribution in [1.29, 1.82) is 0 Å². The van der Waals surface area contributed by atoms with Gasteiger partial charge in [-0.2, -0.15) is 0 Å². The first-order chi connectivity index (χ1) is 20.2. The summed E-state index contributed by atoms with van der Waals surface area (Å²) in [5.74, 6) is -2.83. The van der Waals surface area contributed by atoms with Gasteiger partial charge >= 0.3 is 12.2 Å². The molecule has 15 heteroatoms. The van der Waals surface area contributed by atoms with E-state index in [9.17, 15) is 34.2 Å². The Hall–Kier alpha value is -4.40. The van der Waals surface area contributed by atoms with Gasteiger partial charge in [0.2, 0.25) is 17.6 Å². The molecule has 0 aliphatic carbocycles. The van der Waals surface area contributed by atoms with Gasteiger partial charge in [-0.3, -0.25) is 24.6 Å². The van der Waals surface area contributed by atoms with Crippen LogP contribution >= 0.6 is 11.3 Å². The summed E-state index contributed by atoms with van der Waals surface area (Å²) in [4.78, 5) is 68.0. The standard InChI is InChI=1S/C29H43N7O7S/c1-17(37)31-24-32-20(22(44-24)23(39)30-16-21(38)35(8)9)15-12-18-10-13-19(14-11-18)33-29(27(2,3)4,34-25(40)41)36(26(42)43)28(5,6)7/h10-11,13-14,33-34H,12,15-16H2,1-9H3,(H,30,39)(H,40,41)(H,42,43)(H,31,32,37). The van der Waals surface area contributed by atoms with Crippen molar-refractivity contribution in [3.05, 3.63) is 40.4 Å². The highest BCUT2D eigenvalue weighted by atomic mass is 32.1. The topological polar surface area (TPSA) is 193 Å². The lowest BCUT2D eigenvalue weighted by Crippen LogP contribution is -2.76. The van der Waals surface area contributed by atoms with Gasteiger partial charge in [-0.25, -0.2) is 14.6 Å². The first kappa shape index (κ1) is 35.8. The highest BCUT2D eigenvalue weighted by molar-refractivity contribution is 7.17. The summed E-state index contributed by atoms with van der Waals surface area (Å²) < 4.78 is 0. The van der Waals surface area contributed by atoms with Crippen molar-refractivity contribution < 1.29 is 34.2 Å². The molecule has 0 spiro atoms. The molecule has 2 aromatic rings. The minimum absolute atomic E-state index is 0.186. The maximum Gasteiger partial charge on any atom is 0.411 e. The molecule has 0 bridgehead atoms. The number of nitrogens with one attached hydrogen (secondary N) is 4. The largest absolute Gasteiger partial charge is 0.465 e. The number of likely N-dealkylation sites (N-methyl/N-ethyl adjacent to an activating group) is 1. The van der Waals surface area contributed by atoms with Crippen LogP contribution in [-0.2, 0) is 22.4 Å². The number of nitrogens with zero attached hydrogens (tertiary/aromatic N) is 3. The highest BCUT2D eigenvalue weighted by Gasteiger charge is 2.54. The number of anilines is 2. The molecule has 6 N–H and O–H groups in total. The number of hydrogen-bond donors (Lipinski definition) is 6. The molecule has 44 heavy (non-hydrogen) atoms. The second kappa shape index (κ2) is 13.9. The van der Waals surface area contributed by atoms with Crippen LogP contribution in [0.1, 0.15) is 69.4 Å². The third-order valence-electron chi connectivity index (χ3n) is 6.59. The van der Waals surface area contributed by atoms with E-state index < -0.39 is 34.8 Å². The summed E-state index contributed by atoms with van der Waals surface area (Å²) in [6.45, 7) is 11.4. The van der Waals surface area contributed by atoms with Crippen LogP contribution in [0, 0.1) is 5.41 Å². The quantitative estimate of drug-likeness (QED) is 0.199. The smallest absolute Gasteiger partial charge is 0.411 e. The summed E-state index contributed by atoms with van der Waals surface area (Å²) in [5.41, 5.74) is -0.144. The van der Waals surface area contributed by atoms with Crippen LogP contribution in [0.5, 0.6) is 0 Å². The lowest BCUT2D eigenvalue weighted by atomic mass is 9.82. The van der Waals surface area contributed by atoms with Crippen molar-refractivity contribution in [1.82, 2.24) is 25.4 Å². The predicted octanol–water partition coefficient (Wildman–Crippen LogP) is 3.86. The van der Waals surface area contributed by atoms with Crippen LogP contribution in [-0.4, -0.2) is 86.9 Å². The van der Waals surface area contributed by atoms with Crippen molar-refractivity contribution in [3.8, 4) is 0 Å². The van der Waals surface area contributed by atoms with Crippen LogP contribution in [0.4, 0.5) is 20.4 Å². The molecule has 14 nitrogen and oxygen atoms in total. The zero-order valence-electron chi connectivity index (χ0n) is 26.6. The SMILES string of the molecule is CC(=O)Nc1nc(CCc2ccc(NC(NC(=O)O)(N(C(=O)O)C(C)(C)C)C(C)(C)C)cc2)c(C(=O)NCC(=O)N(C)C)s1. The molecule has 242 valence electrons. The van der Waals surface area contributed by atoms with Gasteiger partial charge in [0.15, 0.2) is 5.13 Å². The van der Waals surface area contributed by atoms with Crippen molar-refractivity contribution in [3.63, 3.8) is 0 Å². The van der Waals surface area contributed by atoms with Crippen LogP contribution < -0.4 is 21.3 Å². The Bertz CT molecular complexity index is 1380. The maximum absolute atomic E-state index is 12.9. The Morgan fingerprint density at radius 3 is 1.98 bits per heavy atom. The Morgan fingerprint density at radius 1 is 0.932 bits per heavy atom. The monoisotopic (exact) mass is 633 g/mol. The van der Waals surface area contributed by atoms with Crippen molar-refractivity contribution in [2.75, 3.05) is 31.3 Å². The van der Waals surface area contributed by atoms with E-state index in [0.717, 1.165) is 21.8 Å². The number of carbonyl (C=O) groups excluding carboxylic acids is 3. The second-order valence-electron chi connectivity index (χ2n) is 12.4. The molecule has 0 aliphatic rings. The van der Waals surface area contributed by atoms with Gasteiger partial charge in [-0.15, -0.1) is 0 Å². The molecular formula is C29H43N7O7S. The van der Waals surface area contributed by atoms with E-state index in [1.54, 1.807) is 79.9 Å². The zero-order chi connectivity index (χ0) is 33.6. The number of benzene rings is 1. The van der Waals surface area contributed by atoms with Gasteiger partial charge in [0.05, 0.1) is 12.2 Å². The van der Waals surface area contributed by atoms with E-state index in [4.69, 9.17) is 0 Å². The molecule has 1 aromatic carbocycles. The fraction of sp³-hybridized carbons (Fsp3) is 0.517. The summed E-state index contributed by atoms with van der Waals surface area (Å²) >= 11 is 1.02. The van der Waals surface area contributed by atoms with Crippen LogP contribution in [0.3, 0.4) is 0 Å². The number of thiazole rings is 1. The normalized spacial score (nSPS) is 12.8. The summed E-state index contributed by atoms with van der Waals surface area (Å²) in [6, 6.07) is 7.03. The molecule has 1 unspecified atom stereocenters. The van der Waals surface area contributed by atoms with E-state index >= 15 is 0 Å². The first-order valence-electron chi connectivity index (χ1n) is 13.8. The molecule has 0 aliphatic heterocycles. The minimum atomic E-state index is -1.75. The molecule has 5 amide bonds. The number of carbonyl (C=O) groups is 5. The molecule has 0 radical (unpaired) electrons. The van der Waals surface area contributed by atoms with Gasteiger partial charge in [-0.1, -0.05) is 44.2 Å². The predicted molar refractivity (Wildman–Crippen MR) is 168 cm³/mol. The fourth-order valence-corrected chi connectivity index (χ4v) is 5.44. The van der Waals surface area contributed by atoms with Crippen LogP contribution in [0.25, 0.3) is 0 Å². The van der Waals surface area contributed by atoms with Crippen LogP contribution in [0.15, 0.2) is 24.3 Å². The molecule has 0 saturated heterocycles. The van der Waals surface area contributed by atoms with E-state index in [-0.39, 0.29) is 28.4 Å². The van der Waals surface area contributed by atoms with Crippen LogP contribution in [0.2, 0.25) is 0 Å². The minimum Gasteiger partial charge on any atom is -0.465 e. The lowest BCUT2D eigenvalue weighted by molar-refractivity contribution is -0.127. The zero-order valence-corrected chi connectivity index (χ0v) is 27.4. The summed E-state index contributed by atoms with van der Waals surface area (Å²) in [5, 5.41) is 31.0. The number of hydrogen-bond acceptors (Lipinski definition) is 8. The van der Waals surface area contributed by atoms with Gasteiger partial charge in [0.1, 0.15) is 4.88 Å². The number of aromatic nitrogens is 1. The highest BCUT2D eigenvalue weighted by Crippen LogP contribution is 2.39. The Balaban J connectivity index is 2.35. The fourth-order valence-electron chi connectivity index (χ4n) is 4.47. The van der Waals surface area contributed by atoms with E-state index in [1.807, 2.05) is 0 Å². The summed E-state index contributed by atoms with van der Waals surface area (Å²) in [6.07, 6.45) is -1.90. The first-order valence-corrected chi connectivity index (χ1v) is 14.7. The number of rotatable bonds is 11. The summed E-state index contributed by atoms with van der Waals surface area (Å²) in [7, 11) is 3.17. The van der Waals surface area contributed by atoms with Crippen molar-refractivity contribution in [2.24, 2.45) is 5.41 Å². The van der Waals surface area contributed by atoms with Gasteiger partial charge in [-0.05, 0) is 51.3 Å². The molecule has 1 aromatic heterocycles. The molecule has 1 atom stereocenters. The molecule has 2 rings (SSSR count). The average molecular weight is 634 g/mol. The third kappa shape index (κ3) is 9.05. The maximum atomic E-state index is 12.9. The van der Waals surface area contributed by atoms with Gasteiger partial charge < -0.3 is 31.1 Å². The number of aryl methyl sites for hydroxylation is 2. The average Bonchev–Trinajstić information content (AvgIpc) is 3.26. The van der Waals surface area contributed by atoms with E-state index in [2.05, 4.69) is 26.3 Å². The second-order valence-corrected chi connectivity index (χ2v) is 13.4. The van der Waals surface area contributed by atoms with Gasteiger partial charge in [0.25, 0.3) is 5.91 Å². The lowest BCUT2D eigenvalue weighted by Gasteiger charge is -2.55. The molecule has 0 fully saturated rings. The molecule has 0 saturated carbocycles. The van der Waals surface area contributed by atoms with Crippen molar-refractivity contribution >= 4 is 52.1 Å². The van der Waals surface area contributed by atoms with E-state index in [0.29, 0.717) is 24.2 Å². The molecule has 1 heterocycles. The molecular weight excluding hydrogens is 590 g/mol. The van der Waals surface area contributed by atoms with Gasteiger partial charge in [0, 0.05) is 37.7 Å². The Labute approximate surface area is 261 Å². The Kier molecular flexibility index (Phi) is 11.3. The van der Waals surface area contributed by atoms with Crippen molar-refractivity contribution in [2.45, 2.75) is 72.6 Å². The van der Waals surface area contributed by atoms with E-state index in [1.165, 1.54) is 11.8 Å². The third-order valence-corrected chi connectivity index (χ3v) is 7.60. The number of amides is 5. The number of carboxylic acid groups (broad SMARTS) is 2. The Morgan fingerprint density at radius 2 is 1.52 bits per heavy atom.